The van der Waals surface area contributed by atoms with Crippen LogP contribution in [-0.2, 0) is 19.1 Å². The third-order valence-electron chi connectivity index (χ3n) is 3.97. The Balaban J connectivity index is 0.000000960. The van der Waals surface area contributed by atoms with E-state index >= 15 is 0 Å². The van der Waals surface area contributed by atoms with Crippen LogP contribution in [0.25, 0.3) is 0 Å². The highest BCUT2D eigenvalue weighted by molar-refractivity contribution is 5.86. The molecule has 2 atom stereocenters. The van der Waals surface area contributed by atoms with Crippen LogP contribution in [0.15, 0.2) is 18.2 Å². The summed E-state index contributed by atoms with van der Waals surface area (Å²) in [6.07, 6.45) is 0.818. The molecule has 162 valence electrons. The Morgan fingerprint density at radius 1 is 1.28 bits per heavy atom. The van der Waals surface area contributed by atoms with Crippen LogP contribution in [0.2, 0.25) is 0 Å². The van der Waals surface area contributed by atoms with E-state index in [0.29, 0.717) is 30.2 Å². The SMILES string of the molecule is CC(=O)O.COc1ccc([C@H]2NC(=O)CO[C@@H]2C(=O)NCCCCN)cc1OC. The molecule has 0 saturated carbocycles. The van der Waals surface area contributed by atoms with Gasteiger partial charge in [-0.2, -0.15) is 0 Å². The van der Waals surface area contributed by atoms with Crippen molar-refractivity contribution in [3.05, 3.63) is 23.8 Å². The molecule has 0 aliphatic carbocycles. The number of nitrogens with two attached hydrogens (primary N) is 1. The Labute approximate surface area is 169 Å². The summed E-state index contributed by atoms with van der Waals surface area (Å²) in [6.45, 7) is 2.04. The first-order valence-electron chi connectivity index (χ1n) is 9.14. The maximum atomic E-state index is 12.5. The fraction of sp³-hybridized carbons (Fsp3) is 0.526. The van der Waals surface area contributed by atoms with E-state index in [4.69, 9.17) is 29.8 Å². The van der Waals surface area contributed by atoms with E-state index in [2.05, 4.69) is 10.6 Å². The van der Waals surface area contributed by atoms with E-state index in [-0.39, 0.29) is 18.4 Å². The van der Waals surface area contributed by atoms with Crippen LogP contribution in [0.3, 0.4) is 0 Å². The number of carbonyl (C=O) groups excluding carboxylic acids is 2. The fourth-order valence-electron chi connectivity index (χ4n) is 2.67. The second-order valence-electron chi connectivity index (χ2n) is 6.20. The van der Waals surface area contributed by atoms with Gasteiger partial charge in [-0.15, -0.1) is 0 Å². The summed E-state index contributed by atoms with van der Waals surface area (Å²) in [5.74, 6) is -0.289. The molecule has 29 heavy (non-hydrogen) atoms. The maximum Gasteiger partial charge on any atom is 0.300 e. The highest BCUT2D eigenvalue weighted by atomic mass is 16.5. The standard InChI is InChI=1S/C17H25N3O5.C2H4O2/c1-23-12-6-5-11(9-13(12)24-2)15-16(25-10-14(21)20-15)17(22)19-8-4-3-7-18;1-2(3)4/h5-6,9,15-16H,3-4,7-8,10,18H2,1-2H3,(H,19,22)(H,20,21);1H3,(H,3,4)/t15-,16+;/m1./s1. The number of hydrogen-bond donors (Lipinski definition) is 4. The number of carboxylic acids is 1. The highest BCUT2D eigenvalue weighted by Gasteiger charge is 2.36. The van der Waals surface area contributed by atoms with Crippen molar-refractivity contribution in [1.82, 2.24) is 10.6 Å². The zero-order valence-electron chi connectivity index (χ0n) is 16.9. The number of unbranched alkanes of at least 4 members (excludes halogenated alkanes) is 1. The lowest BCUT2D eigenvalue weighted by Gasteiger charge is -2.32. The molecule has 1 saturated heterocycles. The molecule has 0 spiro atoms. The zero-order chi connectivity index (χ0) is 21.8. The van der Waals surface area contributed by atoms with Gasteiger partial charge in [-0.25, -0.2) is 0 Å². The van der Waals surface area contributed by atoms with Crippen molar-refractivity contribution in [2.75, 3.05) is 33.9 Å². The molecule has 0 aromatic heterocycles. The molecule has 0 radical (unpaired) electrons. The molecule has 1 aliphatic rings. The number of hydrogen-bond acceptors (Lipinski definition) is 7. The normalized spacial score (nSPS) is 18.0. The van der Waals surface area contributed by atoms with Crippen molar-refractivity contribution < 1.29 is 33.7 Å². The Morgan fingerprint density at radius 3 is 2.52 bits per heavy atom. The number of amides is 2. The third kappa shape index (κ3) is 7.96. The summed E-state index contributed by atoms with van der Waals surface area (Å²) in [7, 11) is 3.07. The van der Waals surface area contributed by atoms with Crippen LogP contribution < -0.4 is 25.8 Å². The number of carboxylic acid groups (broad SMARTS) is 1. The number of benzene rings is 1. The van der Waals surface area contributed by atoms with Gasteiger partial charge in [0.25, 0.3) is 11.9 Å². The van der Waals surface area contributed by atoms with Crippen molar-refractivity contribution >= 4 is 17.8 Å². The van der Waals surface area contributed by atoms with Gasteiger partial charge in [0.15, 0.2) is 17.6 Å². The Kier molecular flexibility index (Phi) is 10.5. The summed E-state index contributed by atoms with van der Waals surface area (Å²) < 4.78 is 16.0. The van der Waals surface area contributed by atoms with Gasteiger partial charge in [0, 0.05) is 13.5 Å². The second-order valence-corrected chi connectivity index (χ2v) is 6.20. The average molecular weight is 411 g/mol. The van der Waals surface area contributed by atoms with Crippen LogP contribution in [0.1, 0.15) is 31.4 Å². The first-order chi connectivity index (χ1) is 13.8. The molecule has 10 heteroatoms. The third-order valence-corrected chi connectivity index (χ3v) is 3.97. The van der Waals surface area contributed by atoms with E-state index in [0.717, 1.165) is 19.8 Å². The maximum absolute atomic E-state index is 12.5. The monoisotopic (exact) mass is 411 g/mol. The molecule has 1 aliphatic heterocycles. The lowest BCUT2D eigenvalue weighted by atomic mass is 9.98. The Morgan fingerprint density at radius 2 is 1.93 bits per heavy atom. The van der Waals surface area contributed by atoms with Gasteiger partial charge in [0.05, 0.1) is 20.3 Å². The smallest absolute Gasteiger partial charge is 0.300 e. The van der Waals surface area contributed by atoms with Crippen molar-refractivity contribution in [1.29, 1.82) is 0 Å². The molecular weight excluding hydrogens is 382 g/mol. The molecule has 5 N–H and O–H groups in total. The lowest BCUT2D eigenvalue weighted by molar-refractivity contribution is -0.148. The van der Waals surface area contributed by atoms with Gasteiger partial charge >= 0.3 is 0 Å². The molecule has 0 bridgehead atoms. The van der Waals surface area contributed by atoms with Crippen LogP contribution in [0.5, 0.6) is 11.5 Å². The molecule has 1 aromatic carbocycles. The van der Waals surface area contributed by atoms with Gasteiger partial charge in [-0.1, -0.05) is 6.07 Å². The quantitative estimate of drug-likeness (QED) is 0.443. The number of ether oxygens (including phenoxy) is 3. The highest BCUT2D eigenvalue weighted by Crippen LogP contribution is 2.32. The van der Waals surface area contributed by atoms with Crippen molar-refractivity contribution in [2.24, 2.45) is 5.73 Å². The van der Waals surface area contributed by atoms with Gasteiger partial charge in [0.1, 0.15) is 6.61 Å². The van der Waals surface area contributed by atoms with Crippen LogP contribution in [0.4, 0.5) is 0 Å². The van der Waals surface area contributed by atoms with Crippen LogP contribution in [-0.4, -0.2) is 62.9 Å². The predicted octanol–water partition coefficient (Wildman–Crippen LogP) is 0.206. The predicted molar refractivity (Wildman–Crippen MR) is 105 cm³/mol. The van der Waals surface area contributed by atoms with E-state index in [1.807, 2.05) is 0 Å². The van der Waals surface area contributed by atoms with Gasteiger partial charge in [-0.3, -0.25) is 14.4 Å². The first-order valence-corrected chi connectivity index (χ1v) is 9.14. The Hall–Kier alpha value is -2.85. The van der Waals surface area contributed by atoms with E-state index < -0.39 is 18.1 Å². The number of methoxy groups -OCH3 is 2. The molecule has 10 nitrogen and oxygen atoms in total. The van der Waals surface area contributed by atoms with E-state index in [1.54, 1.807) is 25.3 Å². The summed E-state index contributed by atoms with van der Waals surface area (Å²) in [6, 6.07) is 4.63. The van der Waals surface area contributed by atoms with Crippen molar-refractivity contribution in [2.45, 2.75) is 31.9 Å². The fourth-order valence-corrected chi connectivity index (χ4v) is 2.67. The summed E-state index contributed by atoms with van der Waals surface area (Å²) in [5, 5.41) is 13.1. The molecule has 1 aromatic rings. The van der Waals surface area contributed by atoms with Crippen molar-refractivity contribution in [3.8, 4) is 11.5 Å². The molecule has 2 rings (SSSR count). The second kappa shape index (κ2) is 12.6. The molecule has 1 heterocycles. The Bertz CT molecular complexity index is 692. The minimum Gasteiger partial charge on any atom is -0.493 e. The number of rotatable bonds is 8. The summed E-state index contributed by atoms with van der Waals surface area (Å²) >= 11 is 0. The molecule has 2 amide bonds. The number of morpholine rings is 1. The molecule has 0 unspecified atom stereocenters. The summed E-state index contributed by atoms with van der Waals surface area (Å²) in [5.41, 5.74) is 6.15. The minimum atomic E-state index is -0.833. The number of carbonyl (C=O) groups is 3. The van der Waals surface area contributed by atoms with Crippen molar-refractivity contribution in [3.63, 3.8) is 0 Å². The first kappa shape index (κ1) is 24.2. The lowest BCUT2D eigenvalue weighted by Crippen LogP contribution is -2.52. The topological polar surface area (TPSA) is 149 Å². The molecular formula is C19H29N3O7. The number of aliphatic carboxylic acids is 1. The largest absolute Gasteiger partial charge is 0.493 e. The van der Waals surface area contributed by atoms with Crippen LogP contribution in [0, 0.1) is 0 Å². The van der Waals surface area contributed by atoms with E-state index in [1.165, 1.54) is 7.11 Å². The van der Waals surface area contributed by atoms with Crippen LogP contribution >= 0.6 is 0 Å². The van der Waals surface area contributed by atoms with Gasteiger partial charge in [-0.05, 0) is 37.1 Å². The summed E-state index contributed by atoms with van der Waals surface area (Å²) in [4.78, 5) is 33.2. The van der Waals surface area contributed by atoms with Gasteiger partial charge < -0.3 is 35.7 Å². The van der Waals surface area contributed by atoms with Gasteiger partial charge in [0.2, 0.25) is 5.91 Å². The average Bonchev–Trinajstić information content (AvgIpc) is 2.70. The zero-order valence-corrected chi connectivity index (χ0v) is 16.9. The number of nitrogens with one attached hydrogen (secondary N) is 2. The minimum absolute atomic E-state index is 0.148. The molecule has 1 fully saturated rings. The van der Waals surface area contributed by atoms with E-state index in [9.17, 15) is 9.59 Å².